The van der Waals surface area contributed by atoms with Gasteiger partial charge in [0.15, 0.2) is 0 Å². The number of primary amides is 1. The number of nitrogens with one attached hydrogen (secondary N) is 1. The zero-order chi connectivity index (χ0) is 20.6. The second-order valence-corrected chi connectivity index (χ2v) is 7.23. The van der Waals surface area contributed by atoms with Crippen LogP contribution in [0.25, 0.3) is 22.2 Å². The Morgan fingerprint density at radius 2 is 1.96 bits per heavy atom. The van der Waals surface area contributed by atoms with Crippen molar-refractivity contribution in [2.75, 3.05) is 5.01 Å². The number of carbonyl (C=O) groups excluding carboxylic acids is 3. The first-order valence-electron chi connectivity index (χ1n) is 8.48. The number of hydrogen-bond donors (Lipinski definition) is 3. The number of amides is 2. The van der Waals surface area contributed by atoms with Crippen molar-refractivity contribution in [3.8, 4) is 11.3 Å². The van der Waals surface area contributed by atoms with E-state index in [1.807, 2.05) is 0 Å². The summed E-state index contributed by atoms with van der Waals surface area (Å²) >= 11 is 0. The van der Waals surface area contributed by atoms with E-state index in [-0.39, 0.29) is 11.4 Å². The Morgan fingerprint density at radius 1 is 1.25 bits per heavy atom. The molecule has 3 aromatic rings. The average molecular weight is 383 g/mol. The standard InChI is InChI=1S/C19H21N5O4/c1-19(2,3)28-18(27)23-8-4-5-14(23)11-6-7-12-13(9-11)22-17(24(21)10-25)15(12)16(20)26/h4-10,22H,21H2,1-3H3,(H2,20,26). The van der Waals surface area contributed by atoms with Crippen LogP contribution < -0.4 is 16.6 Å². The van der Waals surface area contributed by atoms with Crippen LogP contribution in [0.2, 0.25) is 0 Å². The number of hydrogen-bond acceptors (Lipinski definition) is 5. The number of H-pyrrole nitrogens is 1. The highest BCUT2D eigenvalue weighted by Crippen LogP contribution is 2.31. The zero-order valence-corrected chi connectivity index (χ0v) is 15.7. The van der Waals surface area contributed by atoms with Crippen LogP contribution in [0.1, 0.15) is 31.1 Å². The van der Waals surface area contributed by atoms with Gasteiger partial charge >= 0.3 is 6.09 Å². The lowest BCUT2D eigenvalue weighted by molar-refractivity contribution is -0.107. The highest BCUT2D eigenvalue weighted by molar-refractivity contribution is 6.12. The SMILES string of the molecule is CC(C)(C)OC(=O)n1cccc1-c1ccc2c(C(N)=O)c(N(N)C=O)[nH]c2c1. The number of nitrogens with zero attached hydrogens (tertiary/aromatic N) is 2. The lowest BCUT2D eigenvalue weighted by Gasteiger charge is -2.20. The molecule has 0 aliphatic heterocycles. The molecule has 0 aliphatic carbocycles. The third-order valence-electron chi connectivity index (χ3n) is 4.03. The molecule has 0 spiro atoms. The van der Waals surface area contributed by atoms with Gasteiger partial charge in [-0.25, -0.2) is 15.6 Å². The molecule has 28 heavy (non-hydrogen) atoms. The van der Waals surface area contributed by atoms with Crippen molar-refractivity contribution >= 4 is 35.1 Å². The summed E-state index contributed by atoms with van der Waals surface area (Å²) in [7, 11) is 0. The second kappa shape index (κ2) is 6.86. The Hall–Kier alpha value is -3.59. The zero-order valence-electron chi connectivity index (χ0n) is 15.7. The molecule has 146 valence electrons. The van der Waals surface area contributed by atoms with Crippen LogP contribution in [0.15, 0.2) is 36.5 Å². The van der Waals surface area contributed by atoms with Crippen molar-refractivity contribution in [1.82, 2.24) is 9.55 Å². The molecule has 0 radical (unpaired) electrons. The number of rotatable bonds is 4. The summed E-state index contributed by atoms with van der Waals surface area (Å²) in [5.41, 5.74) is 6.77. The minimum absolute atomic E-state index is 0.0946. The van der Waals surface area contributed by atoms with Crippen LogP contribution >= 0.6 is 0 Å². The molecule has 9 nitrogen and oxygen atoms in total. The van der Waals surface area contributed by atoms with E-state index >= 15 is 0 Å². The maximum Gasteiger partial charge on any atom is 0.418 e. The van der Waals surface area contributed by atoms with Crippen LogP contribution in [-0.4, -0.2) is 33.6 Å². The van der Waals surface area contributed by atoms with Gasteiger partial charge < -0.3 is 15.5 Å². The van der Waals surface area contributed by atoms with Gasteiger partial charge in [-0.1, -0.05) is 12.1 Å². The summed E-state index contributed by atoms with van der Waals surface area (Å²) in [6.45, 7) is 5.37. The molecule has 9 heteroatoms. The Morgan fingerprint density at radius 3 is 2.57 bits per heavy atom. The molecule has 0 fully saturated rings. The summed E-state index contributed by atoms with van der Waals surface area (Å²) in [6.07, 6.45) is 1.47. The van der Waals surface area contributed by atoms with Crippen molar-refractivity contribution in [3.63, 3.8) is 0 Å². The van der Waals surface area contributed by atoms with Gasteiger partial charge in [-0.05, 0) is 39.0 Å². The van der Waals surface area contributed by atoms with E-state index in [0.29, 0.717) is 28.6 Å². The van der Waals surface area contributed by atoms with Crippen molar-refractivity contribution in [3.05, 3.63) is 42.1 Å². The molecule has 2 amide bonds. The number of fused-ring (bicyclic) bond motifs is 1. The molecule has 0 saturated heterocycles. The number of ether oxygens (including phenoxy) is 1. The van der Waals surface area contributed by atoms with Crippen LogP contribution in [0.5, 0.6) is 0 Å². The number of carbonyl (C=O) groups is 3. The number of aromatic nitrogens is 2. The van der Waals surface area contributed by atoms with E-state index < -0.39 is 17.6 Å². The predicted molar refractivity (Wildman–Crippen MR) is 105 cm³/mol. The minimum atomic E-state index is -0.719. The third-order valence-corrected chi connectivity index (χ3v) is 4.03. The van der Waals surface area contributed by atoms with Gasteiger partial charge in [-0.2, -0.15) is 0 Å². The Kier molecular flexibility index (Phi) is 4.70. The fourth-order valence-corrected chi connectivity index (χ4v) is 2.92. The molecule has 0 bridgehead atoms. The first-order chi connectivity index (χ1) is 13.1. The van der Waals surface area contributed by atoms with Crippen molar-refractivity contribution in [2.24, 2.45) is 11.6 Å². The molecular formula is C19H21N5O4. The number of anilines is 1. The smallest absolute Gasteiger partial charge is 0.418 e. The van der Waals surface area contributed by atoms with Gasteiger partial charge in [0.2, 0.25) is 6.41 Å². The predicted octanol–water partition coefficient (Wildman–Crippen LogP) is 2.35. The van der Waals surface area contributed by atoms with Crippen LogP contribution in [-0.2, 0) is 9.53 Å². The average Bonchev–Trinajstić information content (AvgIpc) is 3.23. The molecule has 0 unspecified atom stereocenters. The fraction of sp³-hybridized carbons (Fsp3) is 0.211. The molecule has 1 aromatic carbocycles. The van der Waals surface area contributed by atoms with Gasteiger partial charge in [-0.15, -0.1) is 0 Å². The van der Waals surface area contributed by atoms with E-state index in [9.17, 15) is 14.4 Å². The molecule has 0 aliphatic rings. The van der Waals surface area contributed by atoms with E-state index in [4.69, 9.17) is 16.3 Å². The summed E-state index contributed by atoms with van der Waals surface area (Å²) in [6, 6.07) is 8.65. The van der Waals surface area contributed by atoms with E-state index in [2.05, 4.69) is 4.98 Å². The lowest BCUT2D eigenvalue weighted by Crippen LogP contribution is -2.31. The number of aromatic amines is 1. The molecule has 3 rings (SSSR count). The number of benzene rings is 1. The third kappa shape index (κ3) is 3.47. The highest BCUT2D eigenvalue weighted by Gasteiger charge is 2.22. The van der Waals surface area contributed by atoms with Gasteiger partial charge in [0, 0.05) is 22.7 Å². The van der Waals surface area contributed by atoms with Crippen molar-refractivity contribution < 1.29 is 19.1 Å². The van der Waals surface area contributed by atoms with Gasteiger partial charge in [0.25, 0.3) is 5.91 Å². The highest BCUT2D eigenvalue weighted by atomic mass is 16.6. The molecule has 2 heterocycles. The fourth-order valence-electron chi connectivity index (χ4n) is 2.92. The molecule has 2 aromatic heterocycles. The first kappa shape index (κ1) is 19.2. The van der Waals surface area contributed by atoms with E-state index in [0.717, 1.165) is 5.01 Å². The summed E-state index contributed by atoms with van der Waals surface area (Å²) < 4.78 is 6.82. The van der Waals surface area contributed by atoms with Gasteiger partial charge in [-0.3, -0.25) is 14.2 Å². The summed E-state index contributed by atoms with van der Waals surface area (Å²) in [4.78, 5) is 38.3. The summed E-state index contributed by atoms with van der Waals surface area (Å²) in [5.74, 6) is 4.99. The Bertz CT molecular complexity index is 1070. The monoisotopic (exact) mass is 383 g/mol. The second-order valence-electron chi connectivity index (χ2n) is 7.23. The lowest BCUT2D eigenvalue weighted by atomic mass is 10.1. The number of hydrazine groups is 1. The molecule has 5 N–H and O–H groups in total. The van der Waals surface area contributed by atoms with E-state index in [1.165, 1.54) is 4.57 Å². The topological polar surface area (TPSA) is 136 Å². The Labute approximate surface area is 160 Å². The minimum Gasteiger partial charge on any atom is -0.443 e. The number of nitrogens with two attached hydrogens (primary N) is 2. The van der Waals surface area contributed by atoms with Gasteiger partial charge in [0.1, 0.15) is 11.4 Å². The van der Waals surface area contributed by atoms with Crippen molar-refractivity contribution in [1.29, 1.82) is 0 Å². The quantitative estimate of drug-likeness (QED) is 0.275. The maximum absolute atomic E-state index is 12.5. The maximum atomic E-state index is 12.5. The normalized spacial score (nSPS) is 11.4. The van der Waals surface area contributed by atoms with Crippen LogP contribution in [0.3, 0.4) is 0 Å². The Balaban J connectivity index is 2.10. The molecular weight excluding hydrogens is 362 g/mol. The largest absolute Gasteiger partial charge is 0.443 e. The van der Waals surface area contributed by atoms with E-state index in [1.54, 1.807) is 57.3 Å². The van der Waals surface area contributed by atoms with Crippen molar-refractivity contribution in [2.45, 2.75) is 26.4 Å². The first-order valence-corrected chi connectivity index (χ1v) is 8.48. The summed E-state index contributed by atoms with van der Waals surface area (Å²) in [5, 5.41) is 1.27. The van der Waals surface area contributed by atoms with Crippen LogP contribution in [0.4, 0.5) is 10.6 Å². The van der Waals surface area contributed by atoms with Gasteiger partial charge in [0.05, 0.1) is 11.3 Å². The molecule has 0 atom stereocenters. The molecule has 0 saturated carbocycles. The van der Waals surface area contributed by atoms with Crippen LogP contribution in [0, 0.1) is 0 Å².